The first-order valence-corrected chi connectivity index (χ1v) is 12.8. The van der Waals surface area contributed by atoms with Crippen molar-refractivity contribution in [1.29, 1.82) is 0 Å². The van der Waals surface area contributed by atoms with E-state index < -0.39 is 18.0 Å². The second-order valence-corrected chi connectivity index (χ2v) is 8.78. The zero-order valence-electron chi connectivity index (χ0n) is 20.2. The van der Waals surface area contributed by atoms with Gasteiger partial charge >= 0.3 is 11.9 Å². The van der Waals surface area contributed by atoms with E-state index in [-0.39, 0.29) is 12.2 Å². The predicted molar refractivity (Wildman–Crippen MR) is 127 cm³/mol. The van der Waals surface area contributed by atoms with Gasteiger partial charge in [0.25, 0.3) is 0 Å². The Morgan fingerprint density at radius 3 is 1.65 bits per heavy atom. The summed E-state index contributed by atoms with van der Waals surface area (Å²) in [6.07, 6.45) is 20.2. The number of hydrogen-bond acceptors (Lipinski definition) is 4. The minimum Gasteiger partial charge on any atom is -0.512 e. The summed E-state index contributed by atoms with van der Waals surface area (Å²) in [6, 6.07) is 0. The SMILES string of the molecule is CCCCCCCCCCCCCC(O)=CC(=O)OC(CCCCCCC)CC(=O)O. The maximum Gasteiger partial charge on any atom is 0.334 e. The maximum atomic E-state index is 12.0. The number of aliphatic hydroxyl groups excluding tert-OH is 1. The highest BCUT2D eigenvalue weighted by Crippen LogP contribution is 2.15. The molecule has 0 bridgehead atoms. The Labute approximate surface area is 190 Å². The molecule has 182 valence electrons. The van der Waals surface area contributed by atoms with Crippen LogP contribution >= 0.6 is 0 Å². The molecule has 2 N–H and O–H groups in total. The molecule has 1 atom stereocenters. The first-order valence-electron chi connectivity index (χ1n) is 12.8. The lowest BCUT2D eigenvalue weighted by atomic mass is 10.0. The van der Waals surface area contributed by atoms with Crippen LogP contribution in [0, 0.1) is 0 Å². The molecule has 5 nitrogen and oxygen atoms in total. The highest BCUT2D eigenvalue weighted by Gasteiger charge is 2.17. The number of ether oxygens (including phenoxy) is 1. The fraction of sp³-hybridized carbons (Fsp3) is 0.846. The van der Waals surface area contributed by atoms with Crippen LogP contribution in [-0.4, -0.2) is 28.3 Å². The molecule has 0 aliphatic rings. The lowest BCUT2D eigenvalue weighted by Crippen LogP contribution is -2.21. The summed E-state index contributed by atoms with van der Waals surface area (Å²) >= 11 is 0. The zero-order valence-corrected chi connectivity index (χ0v) is 20.2. The van der Waals surface area contributed by atoms with Crippen LogP contribution in [0.15, 0.2) is 11.8 Å². The summed E-state index contributed by atoms with van der Waals surface area (Å²) in [7, 11) is 0. The molecule has 0 aliphatic carbocycles. The monoisotopic (exact) mass is 440 g/mol. The van der Waals surface area contributed by atoms with E-state index in [4.69, 9.17) is 9.84 Å². The number of carboxylic acids is 1. The van der Waals surface area contributed by atoms with Crippen LogP contribution in [-0.2, 0) is 14.3 Å². The van der Waals surface area contributed by atoms with E-state index in [9.17, 15) is 14.7 Å². The highest BCUT2D eigenvalue weighted by molar-refractivity contribution is 5.82. The van der Waals surface area contributed by atoms with E-state index >= 15 is 0 Å². The van der Waals surface area contributed by atoms with Gasteiger partial charge in [-0.05, 0) is 19.3 Å². The third kappa shape index (κ3) is 21.5. The van der Waals surface area contributed by atoms with E-state index in [0.29, 0.717) is 12.8 Å². The summed E-state index contributed by atoms with van der Waals surface area (Å²) in [5.74, 6) is -1.58. The molecule has 0 saturated heterocycles. The van der Waals surface area contributed by atoms with Gasteiger partial charge in [-0.15, -0.1) is 0 Å². The summed E-state index contributed by atoms with van der Waals surface area (Å²) in [5.41, 5.74) is 0. The van der Waals surface area contributed by atoms with Crippen LogP contribution in [0.25, 0.3) is 0 Å². The average molecular weight is 441 g/mol. The van der Waals surface area contributed by atoms with Gasteiger partial charge < -0.3 is 14.9 Å². The first-order chi connectivity index (χ1) is 15.0. The number of carbonyl (C=O) groups is 2. The summed E-state index contributed by atoms with van der Waals surface area (Å²) in [4.78, 5) is 23.1. The number of rotatable bonds is 22. The maximum absolute atomic E-state index is 12.0. The Balaban J connectivity index is 3.94. The van der Waals surface area contributed by atoms with Gasteiger partial charge in [0.05, 0.1) is 18.3 Å². The van der Waals surface area contributed by atoms with Crippen LogP contribution in [0.4, 0.5) is 0 Å². The molecule has 5 heteroatoms. The van der Waals surface area contributed by atoms with E-state index in [2.05, 4.69) is 13.8 Å². The average Bonchev–Trinajstić information content (AvgIpc) is 2.71. The van der Waals surface area contributed by atoms with Crippen molar-refractivity contribution in [3.63, 3.8) is 0 Å². The van der Waals surface area contributed by atoms with Gasteiger partial charge in [-0.2, -0.15) is 0 Å². The Hall–Kier alpha value is -1.52. The summed E-state index contributed by atoms with van der Waals surface area (Å²) < 4.78 is 5.29. The second kappa shape index (κ2) is 21.7. The first kappa shape index (κ1) is 29.5. The Morgan fingerprint density at radius 2 is 1.16 bits per heavy atom. The molecule has 0 radical (unpaired) electrons. The predicted octanol–water partition coefficient (Wildman–Crippen LogP) is 7.88. The highest BCUT2D eigenvalue weighted by atomic mass is 16.5. The fourth-order valence-electron chi connectivity index (χ4n) is 3.75. The van der Waals surface area contributed by atoms with Crippen LogP contribution in [0.1, 0.15) is 136 Å². The molecular weight excluding hydrogens is 392 g/mol. The molecule has 1 unspecified atom stereocenters. The van der Waals surface area contributed by atoms with Gasteiger partial charge in [0.1, 0.15) is 6.10 Å². The lowest BCUT2D eigenvalue weighted by molar-refractivity contribution is -0.148. The van der Waals surface area contributed by atoms with Crippen LogP contribution < -0.4 is 0 Å². The van der Waals surface area contributed by atoms with Gasteiger partial charge in [0.15, 0.2) is 0 Å². The van der Waals surface area contributed by atoms with Crippen molar-refractivity contribution >= 4 is 11.9 Å². The number of aliphatic carboxylic acids is 1. The molecule has 0 aromatic heterocycles. The third-order valence-electron chi connectivity index (χ3n) is 5.64. The second-order valence-electron chi connectivity index (χ2n) is 8.78. The Bertz CT molecular complexity index is 472. The lowest BCUT2D eigenvalue weighted by Gasteiger charge is -2.15. The van der Waals surface area contributed by atoms with Crippen molar-refractivity contribution in [3.05, 3.63) is 11.8 Å². The minimum atomic E-state index is -0.972. The molecule has 0 rings (SSSR count). The van der Waals surface area contributed by atoms with Crippen LogP contribution in [0.2, 0.25) is 0 Å². The van der Waals surface area contributed by atoms with E-state index in [1.54, 1.807) is 0 Å². The van der Waals surface area contributed by atoms with Gasteiger partial charge in [-0.3, -0.25) is 4.79 Å². The van der Waals surface area contributed by atoms with Gasteiger partial charge in [-0.1, -0.05) is 104 Å². The standard InChI is InChI=1S/C26H48O5/c1-3-5-7-9-10-11-12-13-14-16-17-19-23(27)21-26(30)31-24(22-25(28)29)20-18-15-8-6-4-2/h21,24,27H,3-20,22H2,1-2H3,(H,28,29). The van der Waals surface area contributed by atoms with Gasteiger partial charge in [0.2, 0.25) is 0 Å². The van der Waals surface area contributed by atoms with Crippen molar-refractivity contribution in [2.45, 2.75) is 142 Å². The molecule has 0 heterocycles. The molecule has 0 fully saturated rings. The van der Waals surface area contributed by atoms with E-state index in [1.165, 1.54) is 57.8 Å². The van der Waals surface area contributed by atoms with Crippen LogP contribution in [0.3, 0.4) is 0 Å². The van der Waals surface area contributed by atoms with Crippen LogP contribution in [0.5, 0.6) is 0 Å². The smallest absolute Gasteiger partial charge is 0.334 e. The molecular formula is C26H48O5. The number of hydrogen-bond donors (Lipinski definition) is 2. The Morgan fingerprint density at radius 1 is 0.710 bits per heavy atom. The number of esters is 1. The summed E-state index contributed by atoms with van der Waals surface area (Å²) in [6.45, 7) is 4.38. The number of allylic oxidation sites excluding steroid dienone is 1. The molecule has 31 heavy (non-hydrogen) atoms. The number of carboxylic acid groups (broad SMARTS) is 1. The number of unbranched alkanes of at least 4 members (excludes halogenated alkanes) is 14. The molecule has 0 saturated carbocycles. The summed E-state index contributed by atoms with van der Waals surface area (Å²) in [5, 5.41) is 19.0. The zero-order chi connectivity index (χ0) is 23.2. The molecule has 0 aromatic carbocycles. The van der Waals surface area contributed by atoms with E-state index in [1.807, 2.05) is 0 Å². The largest absolute Gasteiger partial charge is 0.512 e. The van der Waals surface area contributed by atoms with E-state index in [0.717, 1.165) is 51.0 Å². The Kier molecular flexibility index (Phi) is 20.6. The quantitative estimate of drug-likeness (QED) is 0.0774. The minimum absolute atomic E-state index is 0.0259. The normalized spacial score (nSPS) is 12.6. The molecule has 0 spiro atoms. The third-order valence-corrected chi connectivity index (χ3v) is 5.64. The molecule has 0 aliphatic heterocycles. The topological polar surface area (TPSA) is 83.8 Å². The number of aliphatic hydroxyl groups is 1. The van der Waals surface area contributed by atoms with Crippen molar-refractivity contribution in [1.82, 2.24) is 0 Å². The number of carbonyl (C=O) groups excluding carboxylic acids is 1. The van der Waals surface area contributed by atoms with Crippen molar-refractivity contribution in [2.75, 3.05) is 0 Å². The van der Waals surface area contributed by atoms with Gasteiger partial charge in [-0.25, -0.2) is 4.79 Å². The van der Waals surface area contributed by atoms with Crippen molar-refractivity contribution in [2.24, 2.45) is 0 Å². The molecule has 0 amide bonds. The fourth-order valence-corrected chi connectivity index (χ4v) is 3.75. The van der Waals surface area contributed by atoms with Crippen molar-refractivity contribution < 1.29 is 24.5 Å². The van der Waals surface area contributed by atoms with Crippen molar-refractivity contribution in [3.8, 4) is 0 Å². The molecule has 0 aromatic rings. The van der Waals surface area contributed by atoms with Gasteiger partial charge in [0, 0.05) is 6.42 Å².